The van der Waals surface area contributed by atoms with Crippen molar-refractivity contribution < 1.29 is 14.7 Å². The van der Waals surface area contributed by atoms with Gasteiger partial charge in [-0.2, -0.15) is 5.26 Å². The molecule has 0 saturated carbocycles. The van der Waals surface area contributed by atoms with Crippen LogP contribution in [-0.2, 0) is 11.3 Å². The van der Waals surface area contributed by atoms with Gasteiger partial charge in [-0.3, -0.25) is 4.79 Å². The molecule has 0 radical (unpaired) electrons. The van der Waals surface area contributed by atoms with Crippen molar-refractivity contribution in [1.82, 2.24) is 4.57 Å². The van der Waals surface area contributed by atoms with Gasteiger partial charge in [0.15, 0.2) is 5.78 Å². The summed E-state index contributed by atoms with van der Waals surface area (Å²) in [6.07, 6.45) is 5.84. The molecule has 0 fully saturated rings. The highest BCUT2D eigenvalue weighted by molar-refractivity contribution is 6.00. The van der Waals surface area contributed by atoms with Gasteiger partial charge >= 0.3 is 0 Å². The lowest BCUT2D eigenvalue weighted by atomic mass is 10.1. The number of nitrogens with one attached hydrogen (secondary N) is 1. The van der Waals surface area contributed by atoms with Crippen LogP contribution in [0, 0.1) is 11.3 Å². The molecule has 6 heteroatoms. The van der Waals surface area contributed by atoms with Crippen LogP contribution in [0.15, 0.2) is 12.3 Å². The van der Waals surface area contributed by atoms with Crippen LogP contribution in [0.1, 0.15) is 22.8 Å². The largest absolute Gasteiger partial charge is 0.400 e. The first-order valence-electron chi connectivity index (χ1n) is 5.64. The Kier molecular flexibility index (Phi) is 5.03. The van der Waals surface area contributed by atoms with Gasteiger partial charge in [0.1, 0.15) is 18.1 Å². The molecule has 2 N–H and O–H groups in total. The van der Waals surface area contributed by atoms with Gasteiger partial charge < -0.3 is 19.8 Å². The van der Waals surface area contributed by atoms with E-state index in [1.165, 1.54) is 6.92 Å². The number of rotatable bonds is 3. The van der Waals surface area contributed by atoms with Crippen molar-refractivity contribution in [2.75, 3.05) is 12.4 Å². The van der Waals surface area contributed by atoms with Gasteiger partial charge in [0.2, 0.25) is 0 Å². The van der Waals surface area contributed by atoms with Gasteiger partial charge in [-0.05, 0) is 13.0 Å². The predicted molar refractivity (Wildman–Crippen MR) is 70.7 cm³/mol. The molecule has 0 saturated heterocycles. The van der Waals surface area contributed by atoms with E-state index in [1.807, 2.05) is 0 Å². The zero-order chi connectivity index (χ0) is 14.4. The fraction of sp³-hybridized carbons (Fsp3) is 0.308. The second kappa shape index (κ2) is 6.52. The van der Waals surface area contributed by atoms with Gasteiger partial charge in [0.25, 0.3) is 0 Å². The molecule has 100 valence electrons. The number of nitrogens with zero attached hydrogens (tertiary/aromatic N) is 2. The van der Waals surface area contributed by atoms with E-state index >= 15 is 0 Å². The first-order valence-corrected chi connectivity index (χ1v) is 5.64. The molecule has 0 aromatic carbocycles. The fourth-order valence-electron chi connectivity index (χ4n) is 1.87. The second-order valence-electron chi connectivity index (χ2n) is 3.79. The molecule has 2 heterocycles. The first-order chi connectivity index (χ1) is 9.17. The standard InChI is InChI=1S/C12H11N3O2.CH4O/c1-8(17)11-7-15(4-5-16)12-10(11)3-2-9(6-13)14-12;1-2/h2-3,5,7,9,14H,4H2,1H3;2H,1H3. The number of carbonyl (C=O) groups excluding carboxylic acids is 2. The maximum Gasteiger partial charge on any atom is 0.162 e. The molecule has 1 atom stereocenters. The molecule has 2 rings (SSSR count). The normalized spacial score (nSPS) is 15.4. The maximum atomic E-state index is 11.5. The number of aliphatic hydroxyl groups excluding tert-OH is 1. The molecule has 0 bridgehead atoms. The summed E-state index contributed by atoms with van der Waals surface area (Å²) in [7, 11) is 1.00. The van der Waals surface area contributed by atoms with Gasteiger partial charge in [0.05, 0.1) is 12.6 Å². The summed E-state index contributed by atoms with van der Waals surface area (Å²) >= 11 is 0. The van der Waals surface area contributed by atoms with Crippen LogP contribution in [0.3, 0.4) is 0 Å². The van der Waals surface area contributed by atoms with Crippen LogP contribution in [0.5, 0.6) is 0 Å². The Labute approximate surface area is 111 Å². The topological polar surface area (TPSA) is 95.1 Å². The second-order valence-corrected chi connectivity index (χ2v) is 3.79. The molecular formula is C13H15N3O3. The van der Waals surface area contributed by atoms with Gasteiger partial charge in [-0.1, -0.05) is 6.08 Å². The number of aldehydes is 1. The number of hydrogen-bond donors (Lipinski definition) is 2. The van der Waals surface area contributed by atoms with Crippen molar-refractivity contribution in [3.05, 3.63) is 23.4 Å². The van der Waals surface area contributed by atoms with Crippen LogP contribution in [0.4, 0.5) is 5.82 Å². The molecule has 0 amide bonds. The lowest BCUT2D eigenvalue weighted by Crippen LogP contribution is -2.20. The number of hydrogen-bond acceptors (Lipinski definition) is 5. The van der Waals surface area contributed by atoms with Crippen molar-refractivity contribution in [2.24, 2.45) is 0 Å². The highest BCUT2D eigenvalue weighted by Gasteiger charge is 2.21. The lowest BCUT2D eigenvalue weighted by molar-refractivity contribution is -0.108. The van der Waals surface area contributed by atoms with Crippen LogP contribution in [0.2, 0.25) is 0 Å². The summed E-state index contributed by atoms with van der Waals surface area (Å²) < 4.78 is 1.65. The molecular weight excluding hydrogens is 246 g/mol. The van der Waals surface area contributed by atoms with E-state index in [0.29, 0.717) is 11.4 Å². The predicted octanol–water partition coefficient (Wildman–Crippen LogP) is 0.829. The van der Waals surface area contributed by atoms with E-state index in [-0.39, 0.29) is 12.3 Å². The SMILES string of the molecule is CC(=O)c1cn(CC=O)c2c1C=CC(C#N)N2.CO. The summed E-state index contributed by atoms with van der Waals surface area (Å²) in [5, 5.41) is 18.8. The number of Topliss-reactive ketones (excluding diaryl/α,β-unsaturated/α-hetero) is 1. The van der Waals surface area contributed by atoms with Crippen LogP contribution in [-0.4, -0.2) is 34.9 Å². The van der Waals surface area contributed by atoms with Crippen LogP contribution < -0.4 is 5.32 Å². The number of aliphatic hydroxyl groups is 1. The Bertz CT molecular complexity index is 552. The van der Waals surface area contributed by atoms with Gasteiger partial charge in [0, 0.05) is 24.4 Å². The van der Waals surface area contributed by atoms with E-state index in [0.717, 1.165) is 19.0 Å². The molecule has 0 aliphatic carbocycles. The molecule has 1 unspecified atom stereocenters. The van der Waals surface area contributed by atoms with Crippen molar-refractivity contribution in [3.63, 3.8) is 0 Å². The smallest absolute Gasteiger partial charge is 0.162 e. The average molecular weight is 261 g/mol. The Morgan fingerprint density at radius 2 is 2.32 bits per heavy atom. The molecule has 6 nitrogen and oxygen atoms in total. The maximum absolute atomic E-state index is 11.5. The third-order valence-electron chi connectivity index (χ3n) is 2.65. The molecule has 19 heavy (non-hydrogen) atoms. The highest BCUT2D eigenvalue weighted by Crippen LogP contribution is 2.28. The quantitative estimate of drug-likeness (QED) is 0.620. The van der Waals surface area contributed by atoms with E-state index < -0.39 is 6.04 Å². The van der Waals surface area contributed by atoms with E-state index in [1.54, 1.807) is 22.9 Å². The molecule has 1 aliphatic rings. The summed E-state index contributed by atoms with van der Waals surface area (Å²) in [6.45, 7) is 1.64. The van der Waals surface area contributed by atoms with Crippen molar-refractivity contribution in [3.8, 4) is 6.07 Å². The zero-order valence-electron chi connectivity index (χ0n) is 10.8. The highest BCUT2D eigenvalue weighted by atomic mass is 16.2. The van der Waals surface area contributed by atoms with Crippen LogP contribution >= 0.6 is 0 Å². The number of carbonyl (C=O) groups is 2. The number of ketones is 1. The summed E-state index contributed by atoms with van der Waals surface area (Å²) in [4.78, 5) is 22.0. The first kappa shape index (κ1) is 14.7. The monoisotopic (exact) mass is 261 g/mol. The Morgan fingerprint density at radius 1 is 1.63 bits per heavy atom. The van der Waals surface area contributed by atoms with Crippen molar-refractivity contribution >= 4 is 24.0 Å². The number of anilines is 1. The number of fused-ring (bicyclic) bond motifs is 1. The van der Waals surface area contributed by atoms with E-state index in [2.05, 4.69) is 11.4 Å². The minimum atomic E-state index is -0.428. The van der Waals surface area contributed by atoms with E-state index in [9.17, 15) is 9.59 Å². The summed E-state index contributed by atoms with van der Waals surface area (Å²) in [5.74, 6) is 0.587. The average Bonchev–Trinajstić information content (AvgIpc) is 2.80. The molecule has 1 aromatic heterocycles. The fourth-order valence-corrected chi connectivity index (χ4v) is 1.87. The third-order valence-corrected chi connectivity index (χ3v) is 2.65. The number of aromatic nitrogens is 1. The summed E-state index contributed by atoms with van der Waals surface area (Å²) in [5.41, 5.74) is 1.30. The van der Waals surface area contributed by atoms with Gasteiger partial charge in [-0.25, -0.2) is 0 Å². The molecule has 0 spiro atoms. The molecule has 1 aliphatic heterocycles. The Balaban J connectivity index is 0.000000861. The van der Waals surface area contributed by atoms with Gasteiger partial charge in [-0.15, -0.1) is 0 Å². The number of nitriles is 1. The minimum Gasteiger partial charge on any atom is -0.400 e. The summed E-state index contributed by atoms with van der Waals surface area (Å²) in [6, 6.07) is 1.64. The molecule has 1 aromatic rings. The Hall–Kier alpha value is -2.39. The minimum absolute atomic E-state index is 0.0623. The van der Waals surface area contributed by atoms with Crippen molar-refractivity contribution in [2.45, 2.75) is 19.5 Å². The zero-order valence-corrected chi connectivity index (χ0v) is 10.8. The van der Waals surface area contributed by atoms with Crippen LogP contribution in [0.25, 0.3) is 6.08 Å². The lowest BCUT2D eigenvalue weighted by Gasteiger charge is -2.16. The Morgan fingerprint density at radius 3 is 2.84 bits per heavy atom. The van der Waals surface area contributed by atoms with Crippen molar-refractivity contribution in [1.29, 1.82) is 5.26 Å². The third kappa shape index (κ3) is 2.89. The van der Waals surface area contributed by atoms with E-state index in [4.69, 9.17) is 10.4 Å².